The number of aliphatic hydroxyl groups excluding tert-OH is 2. The molecule has 0 aliphatic carbocycles. The van der Waals surface area contributed by atoms with Crippen molar-refractivity contribution in [1.82, 2.24) is 4.90 Å². The average molecular weight is 328 g/mol. The van der Waals surface area contributed by atoms with Gasteiger partial charge in [-0.3, -0.25) is 4.90 Å². The van der Waals surface area contributed by atoms with E-state index in [2.05, 4.69) is 20.8 Å². The molecule has 0 radical (unpaired) electrons. The normalized spacial score (nSPS) is 22.4. The van der Waals surface area contributed by atoms with Gasteiger partial charge in [-0.15, -0.1) is 0 Å². The lowest BCUT2D eigenvalue weighted by atomic mass is 10.0. The smallest absolute Gasteiger partial charge is 0.0802 e. The van der Waals surface area contributed by atoms with Gasteiger partial charge in [0.25, 0.3) is 0 Å². The summed E-state index contributed by atoms with van der Waals surface area (Å²) in [6.45, 7) is 2.12. The van der Waals surface area contributed by atoms with Gasteiger partial charge in [0, 0.05) is 17.1 Å². The quantitative estimate of drug-likeness (QED) is 0.873. The van der Waals surface area contributed by atoms with E-state index in [9.17, 15) is 10.2 Å². The Labute approximate surface area is 123 Å². The molecule has 1 aliphatic heterocycles. The van der Waals surface area contributed by atoms with Crippen molar-refractivity contribution in [3.8, 4) is 0 Å². The fourth-order valence-electron chi connectivity index (χ4n) is 2.70. The predicted molar refractivity (Wildman–Crippen MR) is 80.0 cm³/mol. The Morgan fingerprint density at radius 2 is 2.00 bits per heavy atom. The SMILES string of the molecule is OCC1CCCCN1CCC(O)c1ccc(Br)cc1. The number of rotatable bonds is 5. The van der Waals surface area contributed by atoms with Crippen molar-refractivity contribution in [2.45, 2.75) is 37.8 Å². The first-order valence-corrected chi connectivity index (χ1v) is 7.78. The van der Waals surface area contributed by atoms with Gasteiger partial charge in [0.15, 0.2) is 0 Å². The molecule has 0 amide bonds. The maximum Gasteiger partial charge on any atom is 0.0802 e. The van der Waals surface area contributed by atoms with E-state index in [4.69, 9.17) is 0 Å². The van der Waals surface area contributed by atoms with E-state index in [1.807, 2.05) is 24.3 Å². The summed E-state index contributed by atoms with van der Waals surface area (Å²) in [4.78, 5) is 2.31. The molecule has 2 atom stereocenters. The van der Waals surface area contributed by atoms with Crippen LogP contribution in [-0.2, 0) is 0 Å². The number of hydrogen-bond acceptors (Lipinski definition) is 3. The Morgan fingerprint density at radius 1 is 1.26 bits per heavy atom. The summed E-state index contributed by atoms with van der Waals surface area (Å²) in [5.74, 6) is 0. The lowest BCUT2D eigenvalue weighted by Crippen LogP contribution is -2.42. The van der Waals surface area contributed by atoms with E-state index in [1.165, 1.54) is 12.8 Å². The summed E-state index contributed by atoms with van der Waals surface area (Å²) in [7, 11) is 0. The molecule has 0 saturated carbocycles. The topological polar surface area (TPSA) is 43.7 Å². The molecule has 1 aromatic carbocycles. The fraction of sp³-hybridized carbons (Fsp3) is 0.600. The fourth-order valence-corrected chi connectivity index (χ4v) is 2.97. The molecular formula is C15H22BrNO2. The Hall–Kier alpha value is -0.420. The molecule has 1 aliphatic rings. The Kier molecular flexibility index (Phi) is 5.82. The van der Waals surface area contributed by atoms with E-state index in [1.54, 1.807) is 0 Å². The Bertz CT molecular complexity index is 382. The van der Waals surface area contributed by atoms with Crippen LogP contribution in [0, 0.1) is 0 Å². The third-order valence-electron chi connectivity index (χ3n) is 3.90. The lowest BCUT2D eigenvalue weighted by Gasteiger charge is -2.35. The van der Waals surface area contributed by atoms with Gasteiger partial charge in [0.1, 0.15) is 0 Å². The van der Waals surface area contributed by atoms with E-state index in [0.29, 0.717) is 0 Å². The Balaban J connectivity index is 1.85. The largest absolute Gasteiger partial charge is 0.395 e. The zero-order chi connectivity index (χ0) is 13.7. The van der Waals surface area contributed by atoms with Crippen molar-refractivity contribution < 1.29 is 10.2 Å². The molecule has 106 valence electrons. The van der Waals surface area contributed by atoms with Crippen LogP contribution in [0.1, 0.15) is 37.4 Å². The number of aliphatic hydroxyl groups is 2. The molecule has 1 aromatic rings. The average Bonchev–Trinajstić information content (AvgIpc) is 2.45. The monoisotopic (exact) mass is 327 g/mol. The zero-order valence-corrected chi connectivity index (χ0v) is 12.7. The predicted octanol–water partition coefficient (Wildman–Crippen LogP) is 2.72. The van der Waals surface area contributed by atoms with Crippen molar-refractivity contribution >= 4 is 15.9 Å². The van der Waals surface area contributed by atoms with Gasteiger partial charge in [0.2, 0.25) is 0 Å². The third-order valence-corrected chi connectivity index (χ3v) is 4.43. The first kappa shape index (κ1) is 15.0. The Morgan fingerprint density at radius 3 is 2.68 bits per heavy atom. The van der Waals surface area contributed by atoms with Crippen LogP contribution in [0.4, 0.5) is 0 Å². The van der Waals surface area contributed by atoms with Crippen LogP contribution in [0.3, 0.4) is 0 Å². The number of benzene rings is 1. The molecule has 2 rings (SSSR count). The minimum absolute atomic E-state index is 0.231. The molecule has 2 N–H and O–H groups in total. The molecule has 1 heterocycles. The van der Waals surface area contributed by atoms with Gasteiger partial charge in [-0.1, -0.05) is 34.5 Å². The summed E-state index contributed by atoms with van der Waals surface area (Å²) in [6.07, 6.45) is 3.78. The van der Waals surface area contributed by atoms with E-state index >= 15 is 0 Å². The number of nitrogens with zero attached hydrogens (tertiary/aromatic N) is 1. The summed E-state index contributed by atoms with van der Waals surface area (Å²) >= 11 is 3.40. The van der Waals surface area contributed by atoms with Gasteiger partial charge in [-0.2, -0.15) is 0 Å². The number of halogens is 1. The van der Waals surface area contributed by atoms with Crippen molar-refractivity contribution in [2.75, 3.05) is 19.7 Å². The second kappa shape index (κ2) is 7.39. The number of piperidine rings is 1. The van der Waals surface area contributed by atoms with Crippen LogP contribution < -0.4 is 0 Å². The van der Waals surface area contributed by atoms with Crippen molar-refractivity contribution in [3.05, 3.63) is 34.3 Å². The first-order valence-electron chi connectivity index (χ1n) is 6.99. The van der Waals surface area contributed by atoms with Gasteiger partial charge in [-0.25, -0.2) is 0 Å². The highest BCUT2D eigenvalue weighted by Gasteiger charge is 2.22. The highest BCUT2D eigenvalue weighted by atomic mass is 79.9. The van der Waals surface area contributed by atoms with E-state index in [-0.39, 0.29) is 12.6 Å². The van der Waals surface area contributed by atoms with E-state index in [0.717, 1.165) is 36.0 Å². The maximum absolute atomic E-state index is 10.2. The summed E-state index contributed by atoms with van der Waals surface area (Å²) in [6, 6.07) is 8.10. The molecule has 19 heavy (non-hydrogen) atoms. The third kappa shape index (κ3) is 4.28. The van der Waals surface area contributed by atoms with Crippen LogP contribution in [0.25, 0.3) is 0 Å². The van der Waals surface area contributed by atoms with Crippen LogP contribution in [0.2, 0.25) is 0 Å². The molecule has 1 saturated heterocycles. The minimum Gasteiger partial charge on any atom is -0.395 e. The molecule has 0 bridgehead atoms. The minimum atomic E-state index is -0.422. The zero-order valence-electron chi connectivity index (χ0n) is 11.1. The van der Waals surface area contributed by atoms with Crippen molar-refractivity contribution in [1.29, 1.82) is 0 Å². The maximum atomic E-state index is 10.2. The van der Waals surface area contributed by atoms with Gasteiger partial charge >= 0.3 is 0 Å². The second-order valence-electron chi connectivity index (χ2n) is 5.22. The van der Waals surface area contributed by atoms with Crippen molar-refractivity contribution in [3.63, 3.8) is 0 Å². The van der Waals surface area contributed by atoms with Gasteiger partial charge in [0.05, 0.1) is 12.7 Å². The van der Waals surface area contributed by atoms with Crippen LogP contribution >= 0.6 is 15.9 Å². The summed E-state index contributed by atoms with van der Waals surface area (Å²) in [5.41, 5.74) is 0.959. The number of likely N-dealkylation sites (tertiary alicyclic amines) is 1. The summed E-state index contributed by atoms with van der Waals surface area (Å²) in [5, 5.41) is 19.6. The van der Waals surface area contributed by atoms with Crippen LogP contribution in [0.5, 0.6) is 0 Å². The highest BCUT2D eigenvalue weighted by Crippen LogP contribution is 2.22. The summed E-state index contributed by atoms with van der Waals surface area (Å²) < 4.78 is 1.03. The highest BCUT2D eigenvalue weighted by molar-refractivity contribution is 9.10. The lowest BCUT2D eigenvalue weighted by molar-refractivity contribution is 0.0697. The van der Waals surface area contributed by atoms with E-state index < -0.39 is 6.10 Å². The van der Waals surface area contributed by atoms with Crippen LogP contribution in [-0.4, -0.2) is 40.9 Å². The van der Waals surface area contributed by atoms with Gasteiger partial charge < -0.3 is 10.2 Å². The standard InChI is InChI=1S/C15H22BrNO2/c16-13-6-4-12(5-7-13)15(19)8-10-17-9-2-1-3-14(17)11-18/h4-7,14-15,18-19H,1-3,8-11H2. The van der Waals surface area contributed by atoms with Crippen molar-refractivity contribution in [2.24, 2.45) is 0 Å². The second-order valence-corrected chi connectivity index (χ2v) is 6.14. The molecule has 4 heteroatoms. The van der Waals surface area contributed by atoms with Crippen LogP contribution in [0.15, 0.2) is 28.7 Å². The molecule has 2 unspecified atom stereocenters. The van der Waals surface area contributed by atoms with Gasteiger partial charge in [-0.05, 0) is 43.5 Å². The molecule has 1 fully saturated rings. The molecule has 0 spiro atoms. The number of hydrogen-bond donors (Lipinski definition) is 2. The first-order chi connectivity index (χ1) is 9.20. The molecule has 3 nitrogen and oxygen atoms in total. The molecule has 0 aromatic heterocycles. The molecular weight excluding hydrogens is 306 g/mol.